The lowest BCUT2D eigenvalue weighted by Gasteiger charge is -2.18. The van der Waals surface area contributed by atoms with Gasteiger partial charge in [0.15, 0.2) is 0 Å². The van der Waals surface area contributed by atoms with Crippen LogP contribution in [0.15, 0.2) is 22.7 Å². The molecule has 5 heteroatoms. The van der Waals surface area contributed by atoms with E-state index < -0.39 is 0 Å². The number of carbonyl (C=O) groups excluding carboxylic acids is 1. The molecule has 3 N–H and O–H groups in total. The molecule has 2 aliphatic rings. The minimum absolute atomic E-state index is 0. The lowest BCUT2D eigenvalue weighted by atomic mass is 9.99. The molecule has 0 aliphatic heterocycles. The zero-order chi connectivity index (χ0) is 14.1. The van der Waals surface area contributed by atoms with E-state index >= 15 is 0 Å². The van der Waals surface area contributed by atoms with Crippen molar-refractivity contribution in [2.24, 2.45) is 11.7 Å². The highest BCUT2D eigenvalue weighted by molar-refractivity contribution is 9.10. The number of rotatable bonds is 3. The minimum Gasteiger partial charge on any atom is -0.349 e. The molecule has 1 saturated carbocycles. The van der Waals surface area contributed by atoms with Gasteiger partial charge in [0.1, 0.15) is 0 Å². The first-order valence-corrected chi connectivity index (χ1v) is 8.26. The monoisotopic (exact) mass is 372 g/mol. The van der Waals surface area contributed by atoms with Crippen LogP contribution in [0.2, 0.25) is 0 Å². The van der Waals surface area contributed by atoms with E-state index in [1.165, 1.54) is 17.5 Å². The number of nitrogens with two attached hydrogens (primary N) is 1. The van der Waals surface area contributed by atoms with E-state index in [-0.39, 0.29) is 30.4 Å². The van der Waals surface area contributed by atoms with Gasteiger partial charge < -0.3 is 11.1 Å². The summed E-state index contributed by atoms with van der Waals surface area (Å²) in [5.41, 5.74) is 8.66. The van der Waals surface area contributed by atoms with E-state index in [0.29, 0.717) is 12.3 Å². The van der Waals surface area contributed by atoms with Crippen LogP contribution in [0.5, 0.6) is 0 Å². The van der Waals surface area contributed by atoms with Crippen molar-refractivity contribution in [2.45, 2.75) is 50.6 Å². The van der Waals surface area contributed by atoms with Crippen molar-refractivity contribution < 1.29 is 4.79 Å². The molecule has 1 fully saturated rings. The third kappa shape index (κ3) is 3.61. The Kier molecular flexibility index (Phi) is 5.69. The van der Waals surface area contributed by atoms with Gasteiger partial charge in [0.2, 0.25) is 5.91 Å². The van der Waals surface area contributed by atoms with Gasteiger partial charge in [-0.15, -0.1) is 12.4 Å². The van der Waals surface area contributed by atoms with Crippen LogP contribution in [-0.4, -0.2) is 11.9 Å². The van der Waals surface area contributed by atoms with Crippen molar-refractivity contribution in [3.8, 4) is 0 Å². The molecule has 1 unspecified atom stereocenters. The summed E-state index contributed by atoms with van der Waals surface area (Å²) in [7, 11) is 0. The molecule has 0 heterocycles. The van der Waals surface area contributed by atoms with E-state index in [1.807, 2.05) is 6.07 Å². The quantitative estimate of drug-likeness (QED) is 0.852. The van der Waals surface area contributed by atoms with Crippen LogP contribution in [0.4, 0.5) is 0 Å². The summed E-state index contributed by atoms with van der Waals surface area (Å²) in [6.07, 6.45) is 5.95. The zero-order valence-corrected chi connectivity index (χ0v) is 14.4. The van der Waals surface area contributed by atoms with Crippen LogP contribution < -0.4 is 11.1 Å². The summed E-state index contributed by atoms with van der Waals surface area (Å²) < 4.78 is 1.16. The Hall–Kier alpha value is -0.580. The van der Waals surface area contributed by atoms with Gasteiger partial charge in [-0.2, -0.15) is 0 Å². The molecule has 0 saturated heterocycles. The Bertz CT molecular complexity index is 523. The Morgan fingerprint density at radius 3 is 2.86 bits per heavy atom. The lowest BCUT2D eigenvalue weighted by Crippen LogP contribution is -2.33. The fraction of sp³-hybridized carbons (Fsp3) is 0.562. The first kappa shape index (κ1) is 16.8. The number of fused-ring (bicyclic) bond motifs is 1. The summed E-state index contributed by atoms with van der Waals surface area (Å²) in [4.78, 5) is 12.2. The molecule has 1 amide bonds. The highest BCUT2D eigenvalue weighted by Gasteiger charge is 2.29. The molecule has 0 spiro atoms. The van der Waals surface area contributed by atoms with E-state index in [4.69, 9.17) is 5.73 Å². The number of carbonyl (C=O) groups is 1. The first-order valence-electron chi connectivity index (χ1n) is 7.47. The van der Waals surface area contributed by atoms with Crippen molar-refractivity contribution in [3.63, 3.8) is 0 Å². The molecule has 1 aromatic carbocycles. The van der Waals surface area contributed by atoms with Crippen LogP contribution in [0.25, 0.3) is 0 Å². The highest BCUT2D eigenvalue weighted by Crippen LogP contribution is 2.36. The number of halogens is 2. The molecule has 1 aromatic rings. The Morgan fingerprint density at radius 2 is 2.14 bits per heavy atom. The molecule has 3 nitrogen and oxygen atoms in total. The van der Waals surface area contributed by atoms with Gasteiger partial charge in [0.25, 0.3) is 0 Å². The average Bonchev–Trinajstić information content (AvgIpc) is 2.99. The molecule has 21 heavy (non-hydrogen) atoms. The Labute approximate surface area is 140 Å². The van der Waals surface area contributed by atoms with Crippen molar-refractivity contribution >= 4 is 34.2 Å². The molecule has 3 atom stereocenters. The van der Waals surface area contributed by atoms with Crippen LogP contribution in [0.1, 0.15) is 49.3 Å². The third-order valence-corrected chi connectivity index (χ3v) is 5.46. The predicted octanol–water partition coefficient (Wildman–Crippen LogP) is 3.49. The highest BCUT2D eigenvalue weighted by atomic mass is 79.9. The topological polar surface area (TPSA) is 55.1 Å². The Morgan fingerprint density at radius 1 is 1.33 bits per heavy atom. The zero-order valence-electron chi connectivity index (χ0n) is 12.0. The first-order chi connectivity index (χ1) is 9.65. The smallest absolute Gasteiger partial charge is 0.220 e. The Balaban J connectivity index is 0.00000161. The van der Waals surface area contributed by atoms with Gasteiger partial charge in [0, 0.05) is 16.9 Å². The maximum Gasteiger partial charge on any atom is 0.220 e. The standard InChI is InChI=1S/C16H21BrN2O.ClH/c17-13-5-2-4-12-11(13)7-8-15(12)19-16(20)9-10-3-1-6-14(10)18;/h2,4-5,10,14-15H,1,3,6-9,18H2,(H,19,20);1H/t10-,14+,15?;/m0./s1. The minimum atomic E-state index is 0. The van der Waals surface area contributed by atoms with Crippen LogP contribution in [0, 0.1) is 5.92 Å². The lowest BCUT2D eigenvalue weighted by molar-refractivity contribution is -0.122. The van der Waals surface area contributed by atoms with Crippen LogP contribution >= 0.6 is 28.3 Å². The summed E-state index contributed by atoms with van der Waals surface area (Å²) in [6.45, 7) is 0. The SMILES string of the molecule is Cl.N[C@@H]1CCC[C@H]1CC(=O)NC1CCc2c(Br)cccc21. The number of benzene rings is 1. The number of nitrogens with one attached hydrogen (secondary N) is 1. The van der Waals surface area contributed by atoms with Crippen molar-refractivity contribution in [1.29, 1.82) is 0 Å². The fourth-order valence-electron chi connectivity index (χ4n) is 3.57. The largest absolute Gasteiger partial charge is 0.349 e. The predicted molar refractivity (Wildman–Crippen MR) is 90.5 cm³/mol. The summed E-state index contributed by atoms with van der Waals surface area (Å²) in [5, 5.41) is 3.19. The van der Waals surface area contributed by atoms with Crippen molar-refractivity contribution in [1.82, 2.24) is 5.32 Å². The second kappa shape index (κ2) is 7.12. The summed E-state index contributed by atoms with van der Waals surface area (Å²) in [6, 6.07) is 6.62. The molecule has 2 aliphatic carbocycles. The van der Waals surface area contributed by atoms with E-state index in [2.05, 4.69) is 33.4 Å². The van der Waals surface area contributed by atoms with Gasteiger partial charge in [-0.05, 0) is 48.8 Å². The molecule has 116 valence electrons. The second-order valence-electron chi connectivity index (χ2n) is 6.03. The fourth-order valence-corrected chi connectivity index (χ4v) is 4.15. The van der Waals surface area contributed by atoms with Gasteiger partial charge in [-0.3, -0.25) is 4.79 Å². The molecule has 3 rings (SSSR count). The molecular weight excluding hydrogens is 352 g/mol. The molecule has 0 bridgehead atoms. The molecular formula is C16H22BrClN2O. The second-order valence-corrected chi connectivity index (χ2v) is 6.88. The normalized spacial score (nSPS) is 27.0. The molecule has 0 radical (unpaired) electrons. The molecule has 0 aromatic heterocycles. The van der Waals surface area contributed by atoms with E-state index in [1.54, 1.807) is 0 Å². The van der Waals surface area contributed by atoms with Gasteiger partial charge in [-0.1, -0.05) is 34.5 Å². The van der Waals surface area contributed by atoms with E-state index in [0.717, 1.165) is 30.2 Å². The number of hydrogen-bond acceptors (Lipinski definition) is 2. The number of amides is 1. The third-order valence-electron chi connectivity index (χ3n) is 4.71. The van der Waals surface area contributed by atoms with Crippen molar-refractivity contribution in [3.05, 3.63) is 33.8 Å². The van der Waals surface area contributed by atoms with Gasteiger partial charge in [0.05, 0.1) is 6.04 Å². The number of hydrogen-bond donors (Lipinski definition) is 2. The maximum atomic E-state index is 12.2. The van der Waals surface area contributed by atoms with Crippen LogP contribution in [-0.2, 0) is 11.2 Å². The maximum absolute atomic E-state index is 12.2. The van der Waals surface area contributed by atoms with Gasteiger partial charge in [-0.25, -0.2) is 0 Å². The van der Waals surface area contributed by atoms with Gasteiger partial charge >= 0.3 is 0 Å². The average molecular weight is 374 g/mol. The van der Waals surface area contributed by atoms with Crippen LogP contribution in [0.3, 0.4) is 0 Å². The van der Waals surface area contributed by atoms with E-state index in [9.17, 15) is 4.79 Å². The summed E-state index contributed by atoms with van der Waals surface area (Å²) >= 11 is 3.59. The van der Waals surface area contributed by atoms with Crippen molar-refractivity contribution in [2.75, 3.05) is 0 Å². The summed E-state index contributed by atoms with van der Waals surface area (Å²) in [5.74, 6) is 0.531.